The standard InChI is InChI=1S/C53H32N4O2/c54-31-32-24-26-33(27-25-32)36-17-10-21-43-49(36)59-46-29-28-35(30-44(46)53(43)41-19-7-4-14-37(41)38-15-5-8-20-42(38)53)51-55-50(34-12-2-1-3-13-34)56-52(57-51)40-18-11-23-47-48(40)39-16-6-9-22-45(39)58-47/h1-7,9-19,21-30H,8,20H2. The van der Waals surface area contributed by atoms with Crippen LogP contribution < -0.4 is 4.74 Å². The van der Waals surface area contributed by atoms with Gasteiger partial charge in [0.2, 0.25) is 0 Å². The third-order valence-electron chi connectivity index (χ3n) is 12.2. The van der Waals surface area contributed by atoms with Crippen LogP contribution >= 0.6 is 0 Å². The van der Waals surface area contributed by atoms with Crippen LogP contribution in [0.25, 0.3) is 72.8 Å². The maximum atomic E-state index is 9.56. The Balaban J connectivity index is 1.12. The highest BCUT2D eigenvalue weighted by Gasteiger charge is 2.52. The molecule has 0 amide bonds. The molecule has 59 heavy (non-hydrogen) atoms. The molecule has 0 fully saturated rings. The highest BCUT2D eigenvalue weighted by molar-refractivity contribution is 6.11. The largest absolute Gasteiger partial charge is 0.456 e. The third-order valence-corrected chi connectivity index (χ3v) is 12.2. The normalized spacial score (nSPS) is 16.1. The minimum absolute atomic E-state index is 0.567. The van der Waals surface area contributed by atoms with Gasteiger partial charge in [-0.05, 0) is 83.1 Å². The second-order valence-corrected chi connectivity index (χ2v) is 15.3. The van der Waals surface area contributed by atoms with E-state index in [1.165, 1.54) is 22.3 Å². The van der Waals surface area contributed by atoms with Gasteiger partial charge in [-0.2, -0.15) is 5.26 Å². The molecule has 3 heterocycles. The van der Waals surface area contributed by atoms with Crippen LogP contribution in [0.3, 0.4) is 0 Å². The monoisotopic (exact) mass is 756 g/mol. The predicted molar refractivity (Wildman–Crippen MR) is 232 cm³/mol. The summed E-state index contributed by atoms with van der Waals surface area (Å²) in [5, 5.41) is 11.5. The van der Waals surface area contributed by atoms with Crippen LogP contribution in [0.4, 0.5) is 0 Å². The molecule has 9 aromatic rings. The molecule has 6 nitrogen and oxygen atoms in total. The van der Waals surface area contributed by atoms with Crippen molar-refractivity contribution in [1.82, 2.24) is 15.0 Å². The zero-order chi connectivity index (χ0) is 39.1. The summed E-state index contributed by atoms with van der Waals surface area (Å²) < 4.78 is 13.4. The molecule has 0 N–H and O–H groups in total. The van der Waals surface area contributed by atoms with Gasteiger partial charge in [0.1, 0.15) is 22.7 Å². The first-order chi connectivity index (χ1) is 29.2. The average molecular weight is 757 g/mol. The van der Waals surface area contributed by atoms with Crippen molar-refractivity contribution in [2.75, 3.05) is 0 Å². The molecule has 0 radical (unpaired) electrons. The van der Waals surface area contributed by atoms with Crippen molar-refractivity contribution in [1.29, 1.82) is 5.26 Å². The topological polar surface area (TPSA) is 84.8 Å². The van der Waals surface area contributed by atoms with Crippen molar-refractivity contribution < 1.29 is 9.15 Å². The van der Waals surface area contributed by atoms with E-state index in [0.29, 0.717) is 23.0 Å². The molecule has 0 saturated heterocycles. The smallest absolute Gasteiger partial charge is 0.164 e. The van der Waals surface area contributed by atoms with Crippen LogP contribution in [0.15, 0.2) is 180 Å². The number of aromatic nitrogens is 3. The maximum Gasteiger partial charge on any atom is 0.164 e. The van der Waals surface area contributed by atoms with Gasteiger partial charge in [0.25, 0.3) is 0 Å². The van der Waals surface area contributed by atoms with E-state index in [-0.39, 0.29) is 0 Å². The van der Waals surface area contributed by atoms with E-state index >= 15 is 0 Å². The van der Waals surface area contributed by atoms with Gasteiger partial charge in [0.15, 0.2) is 17.5 Å². The van der Waals surface area contributed by atoms with Crippen molar-refractivity contribution in [3.05, 3.63) is 203 Å². The van der Waals surface area contributed by atoms with E-state index in [4.69, 9.17) is 24.1 Å². The minimum atomic E-state index is -0.641. The molecule has 0 bridgehead atoms. The van der Waals surface area contributed by atoms with Crippen LogP contribution in [-0.2, 0) is 5.41 Å². The van der Waals surface area contributed by atoms with Gasteiger partial charge in [-0.1, -0.05) is 127 Å². The van der Waals surface area contributed by atoms with E-state index < -0.39 is 5.41 Å². The van der Waals surface area contributed by atoms with Crippen molar-refractivity contribution in [2.45, 2.75) is 18.3 Å². The van der Waals surface area contributed by atoms with E-state index in [9.17, 15) is 5.26 Å². The number of ether oxygens (including phenoxy) is 1. The molecular formula is C53H32N4O2. The Morgan fingerprint density at radius 1 is 0.559 bits per heavy atom. The highest BCUT2D eigenvalue weighted by atomic mass is 16.5. The number of fused-ring (bicyclic) bond motifs is 11. The summed E-state index contributed by atoms with van der Waals surface area (Å²) in [6.07, 6.45) is 6.45. The maximum absolute atomic E-state index is 9.56. The van der Waals surface area contributed by atoms with Gasteiger partial charge in [-0.3, -0.25) is 0 Å². The van der Waals surface area contributed by atoms with Gasteiger partial charge in [0.05, 0.1) is 17.0 Å². The Hall–Kier alpha value is -7.88. The molecule has 1 unspecified atom stereocenters. The molecular weight excluding hydrogens is 725 g/mol. The summed E-state index contributed by atoms with van der Waals surface area (Å²) in [6.45, 7) is 0. The fourth-order valence-electron chi connectivity index (χ4n) is 9.63. The Morgan fingerprint density at radius 3 is 2.14 bits per heavy atom. The van der Waals surface area contributed by atoms with E-state index in [1.807, 2.05) is 84.9 Å². The first-order valence-electron chi connectivity index (χ1n) is 19.9. The molecule has 1 aliphatic heterocycles. The summed E-state index contributed by atoms with van der Waals surface area (Å²) in [5.74, 6) is 3.33. The number of nitriles is 1. The lowest BCUT2D eigenvalue weighted by Gasteiger charge is -2.42. The van der Waals surface area contributed by atoms with Gasteiger partial charge < -0.3 is 9.15 Å². The summed E-state index contributed by atoms with van der Waals surface area (Å²) >= 11 is 0. The van der Waals surface area contributed by atoms with Crippen molar-refractivity contribution in [2.24, 2.45) is 0 Å². The third kappa shape index (κ3) is 4.89. The molecule has 7 aromatic carbocycles. The van der Waals surface area contributed by atoms with E-state index in [0.717, 1.165) is 85.2 Å². The first-order valence-corrected chi connectivity index (χ1v) is 19.9. The number of nitrogens with zero attached hydrogens (tertiary/aromatic N) is 4. The van der Waals surface area contributed by atoms with Crippen molar-refractivity contribution in [3.8, 4) is 62.9 Å². The Labute approximate surface area is 340 Å². The summed E-state index contributed by atoms with van der Waals surface area (Å²) in [6, 6.07) is 56.0. The number of furan rings is 1. The Morgan fingerprint density at radius 2 is 1.25 bits per heavy atom. The molecule has 6 heteroatoms. The number of hydrogen-bond donors (Lipinski definition) is 0. The molecule has 1 atom stereocenters. The summed E-state index contributed by atoms with van der Waals surface area (Å²) in [7, 11) is 0. The summed E-state index contributed by atoms with van der Waals surface area (Å²) in [5.41, 5.74) is 13.4. The average Bonchev–Trinajstić information content (AvgIpc) is 3.83. The van der Waals surface area contributed by atoms with Gasteiger partial charge in [-0.25, -0.2) is 15.0 Å². The highest BCUT2D eigenvalue weighted by Crippen LogP contribution is 2.64. The lowest BCUT2D eigenvalue weighted by Crippen LogP contribution is -2.34. The second kappa shape index (κ2) is 12.8. The molecule has 3 aliphatic rings. The Bertz CT molecular complexity index is 3320. The summed E-state index contributed by atoms with van der Waals surface area (Å²) in [4.78, 5) is 15.6. The number of rotatable bonds is 4. The van der Waals surface area contributed by atoms with Crippen LogP contribution in [0.5, 0.6) is 11.5 Å². The molecule has 1 spiro atoms. The molecule has 0 saturated carbocycles. The Kier molecular flexibility index (Phi) is 7.23. The number of benzene rings is 7. The lowest BCUT2D eigenvalue weighted by atomic mass is 9.63. The zero-order valence-electron chi connectivity index (χ0n) is 31.7. The van der Waals surface area contributed by atoms with Crippen molar-refractivity contribution >= 4 is 27.5 Å². The van der Waals surface area contributed by atoms with Gasteiger partial charge in [-0.15, -0.1) is 0 Å². The first kappa shape index (κ1) is 33.3. The molecule has 12 rings (SSSR count). The van der Waals surface area contributed by atoms with Crippen LogP contribution in [0.2, 0.25) is 0 Å². The number of para-hydroxylation sites is 2. The van der Waals surface area contributed by atoms with Crippen LogP contribution in [-0.4, -0.2) is 15.0 Å². The van der Waals surface area contributed by atoms with Crippen LogP contribution in [0, 0.1) is 11.3 Å². The quantitative estimate of drug-likeness (QED) is 0.178. The SMILES string of the molecule is N#Cc1ccc(-c2cccc3c2Oc2ccc(-c4nc(-c5ccccc5)nc(-c5cccc6oc7ccccc7c56)n4)cc2C32C3=C(C=CCC3)c3ccccc32)cc1. The fraction of sp³-hybridized carbons (Fsp3) is 0.0566. The van der Waals surface area contributed by atoms with E-state index in [2.05, 4.69) is 91.0 Å². The second-order valence-electron chi connectivity index (χ2n) is 15.3. The van der Waals surface area contributed by atoms with E-state index in [1.54, 1.807) is 0 Å². The number of hydrogen-bond acceptors (Lipinski definition) is 6. The number of allylic oxidation sites excluding steroid dienone is 4. The molecule has 276 valence electrons. The fourth-order valence-corrected chi connectivity index (χ4v) is 9.63. The molecule has 2 aromatic heterocycles. The van der Waals surface area contributed by atoms with Crippen LogP contribution in [0.1, 0.15) is 40.7 Å². The minimum Gasteiger partial charge on any atom is -0.456 e. The van der Waals surface area contributed by atoms with Crippen molar-refractivity contribution in [3.63, 3.8) is 0 Å². The predicted octanol–water partition coefficient (Wildman–Crippen LogP) is 12.9. The zero-order valence-corrected chi connectivity index (χ0v) is 31.7. The van der Waals surface area contributed by atoms with Gasteiger partial charge in [0, 0.05) is 44.2 Å². The lowest BCUT2D eigenvalue weighted by molar-refractivity contribution is 0.433. The molecule has 2 aliphatic carbocycles. The van der Waals surface area contributed by atoms with Gasteiger partial charge >= 0.3 is 0 Å².